The molecular weight excluding hydrogens is 202 g/mol. The summed E-state index contributed by atoms with van der Waals surface area (Å²) >= 11 is 0. The maximum absolute atomic E-state index is 11.5. The van der Waals surface area contributed by atoms with Crippen LogP contribution in [0.25, 0.3) is 0 Å². The van der Waals surface area contributed by atoms with Gasteiger partial charge < -0.3 is 9.64 Å². The van der Waals surface area contributed by atoms with Crippen LogP contribution < -0.4 is 0 Å². The Labute approximate surface area is 99.1 Å². The van der Waals surface area contributed by atoms with Gasteiger partial charge in [-0.25, -0.2) is 0 Å². The number of carbonyl (C=O) groups excluding carboxylic acids is 1. The normalized spacial score (nSPS) is 19.0. The summed E-state index contributed by atoms with van der Waals surface area (Å²) in [5.74, 6) is 0.817. The van der Waals surface area contributed by atoms with Crippen molar-refractivity contribution in [3.8, 4) is 0 Å². The summed E-state index contributed by atoms with van der Waals surface area (Å²) in [7, 11) is 3.59. The molecule has 0 aromatic rings. The molecule has 0 saturated heterocycles. The van der Waals surface area contributed by atoms with Crippen LogP contribution in [0.1, 0.15) is 39.0 Å². The van der Waals surface area contributed by atoms with Gasteiger partial charge in [-0.3, -0.25) is 4.79 Å². The zero-order valence-corrected chi connectivity index (χ0v) is 10.9. The summed E-state index contributed by atoms with van der Waals surface area (Å²) in [5, 5.41) is 0. The van der Waals surface area contributed by atoms with Crippen molar-refractivity contribution >= 4 is 5.97 Å². The highest BCUT2D eigenvalue weighted by Gasteiger charge is 2.22. The first-order valence-electron chi connectivity index (χ1n) is 6.43. The second-order valence-electron chi connectivity index (χ2n) is 5.00. The maximum Gasteiger partial charge on any atom is 0.309 e. The molecule has 0 aliphatic heterocycles. The first-order chi connectivity index (χ1) is 7.67. The van der Waals surface area contributed by atoms with Gasteiger partial charge in [0, 0.05) is 13.1 Å². The van der Waals surface area contributed by atoms with E-state index in [0.717, 1.165) is 25.4 Å². The third-order valence-corrected chi connectivity index (χ3v) is 3.60. The number of rotatable bonds is 6. The van der Waals surface area contributed by atoms with Crippen LogP contribution in [0.15, 0.2) is 0 Å². The predicted octanol–water partition coefficient (Wildman–Crippen LogP) is 2.31. The lowest BCUT2D eigenvalue weighted by Gasteiger charge is -2.24. The van der Waals surface area contributed by atoms with Crippen molar-refractivity contribution in [3.05, 3.63) is 0 Å². The fourth-order valence-corrected chi connectivity index (χ4v) is 2.62. The number of ether oxygens (including phenoxy) is 1. The van der Waals surface area contributed by atoms with E-state index in [1.54, 1.807) is 0 Å². The van der Waals surface area contributed by atoms with Gasteiger partial charge in [-0.05, 0) is 32.2 Å². The minimum Gasteiger partial charge on any atom is -0.469 e. The molecule has 1 aliphatic carbocycles. The van der Waals surface area contributed by atoms with Gasteiger partial charge in [-0.2, -0.15) is 0 Å². The van der Waals surface area contributed by atoms with Crippen LogP contribution in [0.2, 0.25) is 0 Å². The van der Waals surface area contributed by atoms with Crippen molar-refractivity contribution < 1.29 is 9.53 Å². The number of hydrogen-bond donors (Lipinski definition) is 0. The smallest absolute Gasteiger partial charge is 0.309 e. The largest absolute Gasteiger partial charge is 0.469 e. The van der Waals surface area contributed by atoms with Crippen molar-refractivity contribution in [3.63, 3.8) is 0 Å². The highest BCUT2D eigenvalue weighted by Crippen LogP contribution is 2.25. The average molecular weight is 227 g/mol. The zero-order chi connectivity index (χ0) is 12.0. The molecule has 1 unspecified atom stereocenters. The molecule has 1 saturated carbocycles. The molecule has 0 heterocycles. The van der Waals surface area contributed by atoms with E-state index in [9.17, 15) is 4.79 Å². The molecule has 94 valence electrons. The van der Waals surface area contributed by atoms with E-state index in [2.05, 4.69) is 11.9 Å². The summed E-state index contributed by atoms with van der Waals surface area (Å²) in [6.45, 7) is 4.01. The van der Waals surface area contributed by atoms with Crippen LogP contribution in [0.4, 0.5) is 0 Å². The van der Waals surface area contributed by atoms with Crippen molar-refractivity contribution in [1.82, 2.24) is 4.90 Å². The molecule has 0 spiro atoms. The third kappa shape index (κ3) is 4.12. The Morgan fingerprint density at radius 3 is 2.56 bits per heavy atom. The van der Waals surface area contributed by atoms with Gasteiger partial charge in [0.05, 0.1) is 13.0 Å². The Bertz CT molecular complexity index is 212. The van der Waals surface area contributed by atoms with Crippen LogP contribution in [0.3, 0.4) is 0 Å². The molecule has 0 radical (unpaired) electrons. The third-order valence-electron chi connectivity index (χ3n) is 3.60. The van der Waals surface area contributed by atoms with Gasteiger partial charge in [0.15, 0.2) is 0 Å². The van der Waals surface area contributed by atoms with Crippen molar-refractivity contribution in [2.45, 2.75) is 39.0 Å². The monoisotopic (exact) mass is 227 g/mol. The van der Waals surface area contributed by atoms with E-state index in [0.29, 0.717) is 0 Å². The quantitative estimate of drug-likeness (QED) is 0.652. The highest BCUT2D eigenvalue weighted by atomic mass is 16.5. The first kappa shape index (κ1) is 13.5. The summed E-state index contributed by atoms with van der Waals surface area (Å²) in [4.78, 5) is 13.8. The SMILES string of the molecule is CCC(CN(C)CC1CCCC1)C(=O)OC. The van der Waals surface area contributed by atoms with Gasteiger partial charge in [-0.1, -0.05) is 19.8 Å². The molecule has 0 bridgehead atoms. The topological polar surface area (TPSA) is 29.5 Å². The lowest BCUT2D eigenvalue weighted by atomic mass is 10.0. The Hall–Kier alpha value is -0.570. The van der Waals surface area contributed by atoms with Gasteiger partial charge in [0.25, 0.3) is 0 Å². The van der Waals surface area contributed by atoms with E-state index < -0.39 is 0 Å². The number of nitrogens with zero attached hydrogens (tertiary/aromatic N) is 1. The zero-order valence-electron chi connectivity index (χ0n) is 10.9. The molecule has 0 aromatic carbocycles. The fourth-order valence-electron chi connectivity index (χ4n) is 2.62. The molecule has 0 N–H and O–H groups in total. The van der Waals surface area contributed by atoms with Crippen LogP contribution in [0, 0.1) is 11.8 Å². The lowest BCUT2D eigenvalue weighted by Crippen LogP contribution is -2.33. The molecule has 0 aromatic heterocycles. The summed E-state index contributed by atoms with van der Waals surface area (Å²) in [6.07, 6.45) is 6.35. The van der Waals surface area contributed by atoms with Crippen molar-refractivity contribution in [1.29, 1.82) is 0 Å². The molecule has 1 aliphatic rings. The van der Waals surface area contributed by atoms with Crippen molar-refractivity contribution in [2.24, 2.45) is 11.8 Å². The van der Waals surface area contributed by atoms with Crippen LogP contribution >= 0.6 is 0 Å². The van der Waals surface area contributed by atoms with Crippen LogP contribution in [-0.4, -0.2) is 38.1 Å². The van der Waals surface area contributed by atoms with Gasteiger partial charge >= 0.3 is 5.97 Å². The van der Waals surface area contributed by atoms with Gasteiger partial charge in [0.2, 0.25) is 0 Å². The second kappa shape index (κ2) is 6.89. The molecule has 1 atom stereocenters. The molecule has 0 amide bonds. The van der Waals surface area contributed by atoms with Gasteiger partial charge in [0.1, 0.15) is 0 Å². The van der Waals surface area contributed by atoms with E-state index in [-0.39, 0.29) is 11.9 Å². The van der Waals surface area contributed by atoms with E-state index in [1.165, 1.54) is 32.8 Å². The maximum atomic E-state index is 11.5. The molecule has 3 heteroatoms. The number of hydrogen-bond acceptors (Lipinski definition) is 3. The second-order valence-corrected chi connectivity index (χ2v) is 5.00. The van der Waals surface area contributed by atoms with E-state index in [1.807, 2.05) is 6.92 Å². The lowest BCUT2D eigenvalue weighted by molar-refractivity contribution is -0.146. The molecule has 3 nitrogen and oxygen atoms in total. The summed E-state index contributed by atoms with van der Waals surface area (Å²) in [6, 6.07) is 0. The first-order valence-corrected chi connectivity index (χ1v) is 6.43. The Kier molecular flexibility index (Phi) is 5.81. The predicted molar refractivity (Wildman–Crippen MR) is 65.3 cm³/mol. The van der Waals surface area contributed by atoms with Crippen molar-refractivity contribution in [2.75, 3.05) is 27.2 Å². The molecule has 1 rings (SSSR count). The minimum absolute atomic E-state index is 0.0383. The average Bonchev–Trinajstić information content (AvgIpc) is 2.77. The molecular formula is C13H25NO2. The van der Waals surface area contributed by atoms with Crippen LogP contribution in [-0.2, 0) is 9.53 Å². The Balaban J connectivity index is 2.30. The molecule has 1 fully saturated rings. The fraction of sp³-hybridized carbons (Fsp3) is 0.923. The molecule has 16 heavy (non-hydrogen) atoms. The van der Waals surface area contributed by atoms with Crippen LogP contribution in [0.5, 0.6) is 0 Å². The Morgan fingerprint density at radius 1 is 1.44 bits per heavy atom. The number of esters is 1. The summed E-state index contributed by atoms with van der Waals surface area (Å²) < 4.78 is 4.81. The standard InChI is InChI=1S/C13H25NO2/c1-4-12(13(15)16-3)10-14(2)9-11-7-5-6-8-11/h11-12H,4-10H2,1-3H3. The number of methoxy groups -OCH3 is 1. The minimum atomic E-state index is -0.0687. The number of carbonyl (C=O) groups is 1. The van der Waals surface area contributed by atoms with Gasteiger partial charge in [-0.15, -0.1) is 0 Å². The summed E-state index contributed by atoms with van der Waals surface area (Å²) in [5.41, 5.74) is 0. The van der Waals surface area contributed by atoms with E-state index in [4.69, 9.17) is 4.74 Å². The Morgan fingerprint density at radius 2 is 2.06 bits per heavy atom. The highest BCUT2D eigenvalue weighted by molar-refractivity contribution is 5.72. The van der Waals surface area contributed by atoms with E-state index >= 15 is 0 Å².